The van der Waals surface area contributed by atoms with Gasteiger partial charge in [0, 0.05) is 17.1 Å². The van der Waals surface area contributed by atoms with Gasteiger partial charge in [-0.3, -0.25) is 14.9 Å². The minimum absolute atomic E-state index is 0.0275. The summed E-state index contributed by atoms with van der Waals surface area (Å²) in [5.41, 5.74) is -0.186. The van der Waals surface area contributed by atoms with Gasteiger partial charge in [-0.1, -0.05) is 31.9 Å². The van der Waals surface area contributed by atoms with Gasteiger partial charge in [-0.25, -0.2) is 0 Å². The molecule has 1 aromatic carbocycles. The highest BCUT2D eigenvalue weighted by Crippen LogP contribution is 2.34. The van der Waals surface area contributed by atoms with Crippen LogP contribution in [-0.2, 0) is 0 Å². The number of amides is 1. The standard InChI is InChI=1S/C15H19ClN2O3/c1-3-10-4-6-13(9(10)2)17-15(19)12-8-11(16)5-7-14(12)18(20)21/h5,7-10,13H,3-4,6H2,1-2H3,(H,17,19). The second kappa shape index (κ2) is 6.43. The highest BCUT2D eigenvalue weighted by atomic mass is 35.5. The molecule has 1 aliphatic rings. The van der Waals surface area contributed by atoms with Crippen LogP contribution in [0.3, 0.4) is 0 Å². The molecule has 1 N–H and O–H groups in total. The largest absolute Gasteiger partial charge is 0.349 e. The predicted octanol–water partition coefficient (Wildman–Crippen LogP) is 3.80. The van der Waals surface area contributed by atoms with E-state index in [9.17, 15) is 14.9 Å². The van der Waals surface area contributed by atoms with Gasteiger partial charge in [0.1, 0.15) is 5.56 Å². The van der Waals surface area contributed by atoms with Crippen LogP contribution in [0, 0.1) is 22.0 Å². The summed E-state index contributed by atoms with van der Waals surface area (Å²) in [5, 5.41) is 14.3. The maximum Gasteiger partial charge on any atom is 0.282 e. The summed E-state index contributed by atoms with van der Waals surface area (Å²) in [6.07, 6.45) is 3.09. The number of hydrogen-bond donors (Lipinski definition) is 1. The molecule has 3 unspecified atom stereocenters. The number of carbonyl (C=O) groups is 1. The molecule has 21 heavy (non-hydrogen) atoms. The van der Waals surface area contributed by atoms with E-state index in [1.165, 1.54) is 18.2 Å². The molecule has 1 aliphatic carbocycles. The highest BCUT2D eigenvalue weighted by molar-refractivity contribution is 6.31. The fourth-order valence-electron chi connectivity index (χ4n) is 3.12. The van der Waals surface area contributed by atoms with Gasteiger partial charge in [0.15, 0.2) is 0 Å². The third-order valence-corrected chi connectivity index (χ3v) is 4.70. The lowest BCUT2D eigenvalue weighted by atomic mass is 9.93. The van der Waals surface area contributed by atoms with Crippen molar-refractivity contribution in [2.75, 3.05) is 0 Å². The maximum absolute atomic E-state index is 12.3. The zero-order chi connectivity index (χ0) is 15.6. The molecule has 0 bridgehead atoms. The van der Waals surface area contributed by atoms with E-state index in [1.54, 1.807) is 0 Å². The molecule has 0 radical (unpaired) electrons. The van der Waals surface area contributed by atoms with Crippen LogP contribution in [-0.4, -0.2) is 16.9 Å². The summed E-state index contributed by atoms with van der Waals surface area (Å²) in [4.78, 5) is 22.8. The van der Waals surface area contributed by atoms with Crippen LogP contribution < -0.4 is 5.32 Å². The van der Waals surface area contributed by atoms with E-state index in [0.717, 1.165) is 19.3 Å². The van der Waals surface area contributed by atoms with E-state index < -0.39 is 10.8 Å². The summed E-state index contributed by atoms with van der Waals surface area (Å²) in [6, 6.07) is 4.11. The molecule has 5 nitrogen and oxygen atoms in total. The van der Waals surface area contributed by atoms with Gasteiger partial charge < -0.3 is 5.32 Å². The maximum atomic E-state index is 12.3. The van der Waals surface area contributed by atoms with Crippen molar-refractivity contribution in [1.29, 1.82) is 0 Å². The summed E-state index contributed by atoms with van der Waals surface area (Å²) in [7, 11) is 0. The third kappa shape index (κ3) is 3.35. The van der Waals surface area contributed by atoms with Crippen LogP contribution in [0.2, 0.25) is 5.02 Å². The van der Waals surface area contributed by atoms with Crippen molar-refractivity contribution in [1.82, 2.24) is 5.32 Å². The van der Waals surface area contributed by atoms with Crippen molar-refractivity contribution < 1.29 is 9.72 Å². The van der Waals surface area contributed by atoms with Crippen molar-refractivity contribution in [3.05, 3.63) is 38.9 Å². The number of nitro groups is 1. The predicted molar refractivity (Wildman–Crippen MR) is 81.5 cm³/mol. The molecule has 3 atom stereocenters. The summed E-state index contributed by atoms with van der Waals surface area (Å²) >= 11 is 5.85. The molecule has 1 aromatic rings. The average Bonchev–Trinajstić information content (AvgIpc) is 2.79. The first-order valence-electron chi connectivity index (χ1n) is 7.18. The lowest BCUT2D eigenvalue weighted by Crippen LogP contribution is -2.37. The second-order valence-electron chi connectivity index (χ2n) is 5.60. The average molecular weight is 311 g/mol. The van der Waals surface area contributed by atoms with Crippen LogP contribution in [0.4, 0.5) is 5.69 Å². The van der Waals surface area contributed by atoms with Crippen molar-refractivity contribution in [2.45, 2.75) is 39.2 Å². The molecule has 1 saturated carbocycles. The molecule has 1 amide bonds. The van der Waals surface area contributed by atoms with Crippen LogP contribution in [0.5, 0.6) is 0 Å². The Hall–Kier alpha value is -1.62. The Morgan fingerprint density at radius 2 is 2.19 bits per heavy atom. The van der Waals surface area contributed by atoms with Gasteiger partial charge in [0.25, 0.3) is 11.6 Å². The number of benzene rings is 1. The number of nitrogens with one attached hydrogen (secondary N) is 1. The van der Waals surface area contributed by atoms with Crippen LogP contribution in [0.1, 0.15) is 43.5 Å². The van der Waals surface area contributed by atoms with Crippen LogP contribution in [0.15, 0.2) is 18.2 Å². The third-order valence-electron chi connectivity index (χ3n) is 4.47. The van der Waals surface area contributed by atoms with Gasteiger partial charge in [-0.2, -0.15) is 0 Å². The van der Waals surface area contributed by atoms with Crippen LogP contribution >= 0.6 is 11.6 Å². The van der Waals surface area contributed by atoms with Gasteiger partial charge >= 0.3 is 0 Å². The quantitative estimate of drug-likeness (QED) is 0.679. The lowest BCUT2D eigenvalue weighted by molar-refractivity contribution is -0.385. The van der Waals surface area contributed by atoms with Crippen molar-refractivity contribution >= 4 is 23.2 Å². The highest BCUT2D eigenvalue weighted by Gasteiger charge is 2.33. The molecule has 2 rings (SSSR count). The molecular weight excluding hydrogens is 292 g/mol. The van der Waals surface area contributed by atoms with E-state index in [2.05, 4.69) is 19.2 Å². The topological polar surface area (TPSA) is 72.2 Å². The molecule has 0 aliphatic heterocycles. The first-order chi connectivity index (χ1) is 9.93. The second-order valence-corrected chi connectivity index (χ2v) is 6.04. The molecule has 0 heterocycles. The molecule has 114 valence electrons. The van der Waals surface area contributed by atoms with E-state index in [-0.39, 0.29) is 17.3 Å². The van der Waals surface area contributed by atoms with E-state index in [0.29, 0.717) is 16.9 Å². The Bertz CT molecular complexity index is 562. The van der Waals surface area contributed by atoms with Gasteiger partial charge in [0.2, 0.25) is 0 Å². The van der Waals surface area contributed by atoms with E-state index >= 15 is 0 Å². The smallest absolute Gasteiger partial charge is 0.282 e. The first-order valence-corrected chi connectivity index (χ1v) is 7.56. The summed E-state index contributed by atoms with van der Waals surface area (Å²) < 4.78 is 0. The minimum atomic E-state index is -0.557. The number of nitro benzene ring substituents is 1. The Labute approximate surface area is 128 Å². The number of rotatable bonds is 4. The normalized spacial score (nSPS) is 24.8. The zero-order valence-corrected chi connectivity index (χ0v) is 12.9. The zero-order valence-electron chi connectivity index (χ0n) is 12.1. The van der Waals surface area contributed by atoms with E-state index in [4.69, 9.17) is 11.6 Å². The molecule has 0 aromatic heterocycles. The van der Waals surface area contributed by atoms with Crippen molar-refractivity contribution in [3.8, 4) is 0 Å². The first kappa shape index (κ1) is 15.8. The number of carbonyl (C=O) groups excluding carboxylic acids is 1. The fourth-order valence-corrected chi connectivity index (χ4v) is 3.30. The molecule has 1 fully saturated rings. The number of nitrogens with zero attached hydrogens (tertiary/aromatic N) is 1. The Kier molecular flexibility index (Phi) is 4.83. The minimum Gasteiger partial charge on any atom is -0.349 e. The van der Waals surface area contributed by atoms with Gasteiger partial charge in [-0.05, 0) is 36.8 Å². The van der Waals surface area contributed by atoms with E-state index in [1.807, 2.05) is 0 Å². The van der Waals surface area contributed by atoms with Crippen LogP contribution in [0.25, 0.3) is 0 Å². The van der Waals surface area contributed by atoms with Crippen molar-refractivity contribution in [3.63, 3.8) is 0 Å². The Morgan fingerprint density at radius 1 is 1.48 bits per heavy atom. The van der Waals surface area contributed by atoms with Gasteiger partial charge in [0.05, 0.1) is 4.92 Å². The Balaban J connectivity index is 2.18. The number of halogens is 1. The summed E-state index contributed by atoms with van der Waals surface area (Å²) in [5.74, 6) is 0.569. The van der Waals surface area contributed by atoms with Crippen molar-refractivity contribution in [2.24, 2.45) is 11.8 Å². The molecule has 6 heteroatoms. The molecule has 0 saturated heterocycles. The SMILES string of the molecule is CCC1CCC(NC(=O)c2cc(Cl)ccc2[N+](=O)[O-])C1C. The fraction of sp³-hybridized carbons (Fsp3) is 0.533. The monoisotopic (exact) mass is 310 g/mol. The number of hydrogen-bond acceptors (Lipinski definition) is 3. The lowest BCUT2D eigenvalue weighted by Gasteiger charge is -2.21. The summed E-state index contributed by atoms with van der Waals surface area (Å²) in [6.45, 7) is 4.27. The van der Waals surface area contributed by atoms with Gasteiger partial charge in [-0.15, -0.1) is 0 Å². The Morgan fingerprint density at radius 3 is 2.76 bits per heavy atom. The molecular formula is C15H19ClN2O3. The molecule has 0 spiro atoms.